The molecule has 0 atom stereocenters. The molecule has 0 aliphatic heterocycles. The number of benzene rings is 2. The second-order valence-corrected chi connectivity index (χ2v) is 5.51. The first-order valence-corrected chi connectivity index (χ1v) is 7.39. The van der Waals surface area contributed by atoms with E-state index in [-0.39, 0.29) is 5.82 Å². The molecule has 106 valence electrons. The first-order valence-electron chi connectivity index (χ1n) is 6.60. The molecule has 20 heavy (non-hydrogen) atoms. The standard InChI is InChI=1S/C16H18BrFN2/c1-3-19-11-12-7-8-13(17)9-16(12)20(2)15-6-4-5-14(18)10-15/h4-10,19H,3,11H2,1-2H3. The molecule has 2 aromatic rings. The zero-order valence-electron chi connectivity index (χ0n) is 11.7. The van der Waals surface area contributed by atoms with Crippen molar-refractivity contribution in [1.29, 1.82) is 0 Å². The minimum atomic E-state index is -0.224. The van der Waals surface area contributed by atoms with Gasteiger partial charge in [-0.05, 0) is 42.4 Å². The smallest absolute Gasteiger partial charge is 0.125 e. The number of anilines is 2. The van der Waals surface area contributed by atoms with Gasteiger partial charge in [-0.15, -0.1) is 0 Å². The highest BCUT2D eigenvalue weighted by molar-refractivity contribution is 9.10. The van der Waals surface area contributed by atoms with Crippen molar-refractivity contribution in [2.24, 2.45) is 0 Å². The normalized spacial score (nSPS) is 10.6. The Kier molecular flexibility index (Phi) is 5.15. The van der Waals surface area contributed by atoms with Gasteiger partial charge in [-0.1, -0.05) is 35.0 Å². The summed E-state index contributed by atoms with van der Waals surface area (Å²) in [5, 5.41) is 3.33. The van der Waals surface area contributed by atoms with E-state index in [9.17, 15) is 4.39 Å². The minimum absolute atomic E-state index is 0.224. The van der Waals surface area contributed by atoms with Gasteiger partial charge in [0, 0.05) is 29.4 Å². The van der Waals surface area contributed by atoms with E-state index in [2.05, 4.69) is 40.3 Å². The lowest BCUT2D eigenvalue weighted by Gasteiger charge is -2.23. The highest BCUT2D eigenvalue weighted by atomic mass is 79.9. The summed E-state index contributed by atoms with van der Waals surface area (Å²) in [6, 6.07) is 12.8. The fourth-order valence-corrected chi connectivity index (χ4v) is 2.43. The summed E-state index contributed by atoms with van der Waals surface area (Å²) in [5.41, 5.74) is 3.08. The van der Waals surface area contributed by atoms with Gasteiger partial charge in [-0.25, -0.2) is 4.39 Å². The monoisotopic (exact) mass is 336 g/mol. The third-order valence-corrected chi connectivity index (χ3v) is 3.66. The number of nitrogens with zero attached hydrogens (tertiary/aromatic N) is 1. The molecule has 0 aromatic heterocycles. The Hall–Kier alpha value is -1.39. The van der Waals surface area contributed by atoms with E-state index in [4.69, 9.17) is 0 Å². The molecule has 0 saturated carbocycles. The van der Waals surface area contributed by atoms with Gasteiger partial charge < -0.3 is 10.2 Å². The molecule has 0 unspecified atom stereocenters. The minimum Gasteiger partial charge on any atom is -0.344 e. The zero-order chi connectivity index (χ0) is 14.5. The largest absolute Gasteiger partial charge is 0.344 e. The van der Waals surface area contributed by atoms with Gasteiger partial charge in [0.15, 0.2) is 0 Å². The fourth-order valence-electron chi connectivity index (χ4n) is 2.08. The third kappa shape index (κ3) is 3.58. The molecule has 2 nitrogen and oxygen atoms in total. The molecule has 4 heteroatoms. The van der Waals surface area contributed by atoms with E-state index >= 15 is 0 Å². The van der Waals surface area contributed by atoms with Crippen molar-refractivity contribution in [2.75, 3.05) is 18.5 Å². The number of rotatable bonds is 5. The number of hydrogen-bond donors (Lipinski definition) is 1. The lowest BCUT2D eigenvalue weighted by atomic mass is 10.1. The number of hydrogen-bond acceptors (Lipinski definition) is 2. The maximum Gasteiger partial charge on any atom is 0.125 e. The van der Waals surface area contributed by atoms with Gasteiger partial charge in [0.1, 0.15) is 5.82 Å². The SMILES string of the molecule is CCNCc1ccc(Br)cc1N(C)c1cccc(F)c1. The zero-order valence-corrected chi connectivity index (χ0v) is 13.2. The molecule has 0 aliphatic rings. The lowest BCUT2D eigenvalue weighted by Crippen LogP contribution is -2.17. The van der Waals surface area contributed by atoms with Crippen molar-refractivity contribution >= 4 is 27.3 Å². The molecule has 0 aliphatic carbocycles. The van der Waals surface area contributed by atoms with Crippen molar-refractivity contribution in [3.8, 4) is 0 Å². The summed E-state index contributed by atoms with van der Waals surface area (Å²) in [4.78, 5) is 2.00. The quantitative estimate of drug-likeness (QED) is 0.866. The molecule has 1 N–H and O–H groups in total. The van der Waals surface area contributed by atoms with Crippen LogP contribution in [-0.4, -0.2) is 13.6 Å². The van der Waals surface area contributed by atoms with Gasteiger partial charge >= 0.3 is 0 Å². The predicted octanol–water partition coefficient (Wildman–Crippen LogP) is 4.47. The summed E-state index contributed by atoms with van der Waals surface area (Å²) >= 11 is 3.50. The van der Waals surface area contributed by atoms with Crippen molar-refractivity contribution in [3.63, 3.8) is 0 Å². The van der Waals surface area contributed by atoms with Gasteiger partial charge in [0.25, 0.3) is 0 Å². The van der Waals surface area contributed by atoms with Crippen molar-refractivity contribution in [2.45, 2.75) is 13.5 Å². The van der Waals surface area contributed by atoms with E-state index in [1.54, 1.807) is 6.07 Å². The Morgan fingerprint density at radius 1 is 1.20 bits per heavy atom. The Bertz CT molecular complexity index is 586. The maximum atomic E-state index is 13.4. The predicted molar refractivity (Wildman–Crippen MR) is 86.0 cm³/mol. The van der Waals surface area contributed by atoms with Gasteiger partial charge in [-0.2, -0.15) is 0 Å². The molecule has 0 bridgehead atoms. The summed E-state index contributed by atoms with van der Waals surface area (Å²) in [6.45, 7) is 3.78. The lowest BCUT2D eigenvalue weighted by molar-refractivity contribution is 0.628. The van der Waals surface area contributed by atoms with Crippen LogP contribution in [0.15, 0.2) is 46.9 Å². The van der Waals surface area contributed by atoms with Crippen molar-refractivity contribution in [3.05, 3.63) is 58.3 Å². The Morgan fingerprint density at radius 3 is 2.70 bits per heavy atom. The molecular formula is C16H18BrFN2. The van der Waals surface area contributed by atoms with E-state index in [1.807, 2.05) is 24.1 Å². The van der Waals surface area contributed by atoms with Gasteiger partial charge in [0.05, 0.1) is 0 Å². The Balaban J connectivity index is 2.37. The average Bonchev–Trinajstić information content (AvgIpc) is 2.45. The molecule has 0 saturated heterocycles. The topological polar surface area (TPSA) is 15.3 Å². The number of nitrogens with one attached hydrogen (secondary N) is 1. The molecule has 2 aromatic carbocycles. The number of halogens is 2. The first-order chi connectivity index (χ1) is 9.61. The summed E-state index contributed by atoms with van der Waals surface area (Å²) in [6.07, 6.45) is 0. The highest BCUT2D eigenvalue weighted by Gasteiger charge is 2.10. The average molecular weight is 337 g/mol. The summed E-state index contributed by atoms with van der Waals surface area (Å²) in [5.74, 6) is -0.224. The van der Waals surface area contributed by atoms with Crippen LogP contribution in [0.4, 0.5) is 15.8 Å². The second-order valence-electron chi connectivity index (χ2n) is 4.59. The van der Waals surface area contributed by atoms with Crippen LogP contribution in [0, 0.1) is 5.82 Å². The van der Waals surface area contributed by atoms with E-state index < -0.39 is 0 Å². The van der Waals surface area contributed by atoms with E-state index in [0.29, 0.717) is 0 Å². The first kappa shape index (κ1) is 15.0. The maximum absolute atomic E-state index is 13.4. The van der Waals surface area contributed by atoms with Crippen molar-refractivity contribution in [1.82, 2.24) is 5.32 Å². The van der Waals surface area contributed by atoms with Crippen LogP contribution in [0.5, 0.6) is 0 Å². The third-order valence-electron chi connectivity index (χ3n) is 3.17. The Morgan fingerprint density at radius 2 is 2.00 bits per heavy atom. The van der Waals surface area contributed by atoms with Crippen LogP contribution in [0.2, 0.25) is 0 Å². The van der Waals surface area contributed by atoms with Crippen LogP contribution in [-0.2, 0) is 6.54 Å². The van der Waals surface area contributed by atoms with E-state index in [1.165, 1.54) is 17.7 Å². The van der Waals surface area contributed by atoms with Crippen LogP contribution >= 0.6 is 15.9 Å². The van der Waals surface area contributed by atoms with Gasteiger partial charge in [0.2, 0.25) is 0 Å². The Labute approximate surface area is 127 Å². The van der Waals surface area contributed by atoms with Crippen LogP contribution in [0.3, 0.4) is 0 Å². The summed E-state index contributed by atoms with van der Waals surface area (Å²) < 4.78 is 14.4. The van der Waals surface area contributed by atoms with E-state index in [0.717, 1.165) is 28.9 Å². The van der Waals surface area contributed by atoms with Gasteiger partial charge in [-0.3, -0.25) is 0 Å². The molecule has 0 spiro atoms. The molecule has 0 fully saturated rings. The van der Waals surface area contributed by atoms with Crippen LogP contribution in [0.1, 0.15) is 12.5 Å². The van der Waals surface area contributed by atoms with Crippen LogP contribution in [0.25, 0.3) is 0 Å². The molecule has 0 heterocycles. The summed E-state index contributed by atoms with van der Waals surface area (Å²) in [7, 11) is 1.95. The fraction of sp³-hybridized carbons (Fsp3) is 0.250. The highest BCUT2D eigenvalue weighted by Crippen LogP contribution is 2.30. The molecule has 0 radical (unpaired) electrons. The molecule has 0 amide bonds. The second kappa shape index (κ2) is 6.86. The van der Waals surface area contributed by atoms with Crippen molar-refractivity contribution < 1.29 is 4.39 Å². The molecule has 2 rings (SSSR count). The van der Waals surface area contributed by atoms with Crippen LogP contribution < -0.4 is 10.2 Å². The molecular weight excluding hydrogens is 319 g/mol.